The van der Waals surface area contributed by atoms with Crippen LogP contribution in [-0.4, -0.2) is 31.5 Å². The molecule has 0 atom stereocenters. The van der Waals surface area contributed by atoms with Crippen LogP contribution in [0.2, 0.25) is 0 Å². The third kappa shape index (κ3) is 12.6. The Labute approximate surface area is 124 Å². The molecule has 0 N–H and O–H groups in total. The molecule has 0 rings (SSSR count). The van der Waals surface area contributed by atoms with Crippen LogP contribution in [0, 0.1) is 0 Å². The monoisotopic (exact) mass is 321 g/mol. The number of halogens is 1. The summed E-state index contributed by atoms with van der Waals surface area (Å²) in [6.45, 7) is 2.25. The molecule has 0 spiro atoms. The van der Waals surface area contributed by atoms with Gasteiger partial charge in [-0.05, 0) is 6.42 Å². The summed E-state index contributed by atoms with van der Waals surface area (Å²) >= 11 is 0. The molecule has 0 heterocycles. The lowest BCUT2D eigenvalue weighted by Gasteiger charge is -2.20. The fourth-order valence-electron chi connectivity index (χ4n) is 1.92. The van der Waals surface area contributed by atoms with Gasteiger partial charge in [-0.3, -0.25) is 4.48 Å². The number of amides is 1. The first kappa shape index (κ1) is 20.4. The first-order valence-corrected chi connectivity index (χ1v) is 7.33. The molecule has 3 heteroatoms. The van der Waals surface area contributed by atoms with Crippen LogP contribution in [0.1, 0.15) is 71.1 Å². The van der Waals surface area contributed by atoms with Crippen molar-refractivity contribution in [2.45, 2.75) is 71.1 Å². The first-order valence-electron chi connectivity index (χ1n) is 7.33. The van der Waals surface area contributed by atoms with Crippen molar-refractivity contribution in [2.75, 3.05) is 21.1 Å². The van der Waals surface area contributed by atoms with Crippen molar-refractivity contribution < 1.29 is 26.3 Å². The molecular formula is C15H32BrNO. The molecular weight excluding hydrogens is 290 g/mol. The Morgan fingerprint density at radius 3 is 1.56 bits per heavy atom. The lowest BCUT2D eigenvalue weighted by molar-refractivity contribution is -0.792. The molecule has 0 aromatic carbocycles. The summed E-state index contributed by atoms with van der Waals surface area (Å²) in [5.74, 6) is 0.355. The summed E-state index contributed by atoms with van der Waals surface area (Å²) in [6.07, 6.45) is 12.6. The van der Waals surface area contributed by atoms with Crippen molar-refractivity contribution in [3.8, 4) is 0 Å². The second kappa shape index (κ2) is 12.2. The molecule has 1 amide bonds. The topological polar surface area (TPSA) is 17.1 Å². The van der Waals surface area contributed by atoms with Crippen LogP contribution in [0.3, 0.4) is 0 Å². The van der Waals surface area contributed by atoms with Gasteiger partial charge in [0.2, 0.25) is 0 Å². The zero-order valence-corrected chi connectivity index (χ0v) is 14.4. The summed E-state index contributed by atoms with van der Waals surface area (Å²) in [5.41, 5.74) is 0. The molecule has 0 aliphatic carbocycles. The van der Waals surface area contributed by atoms with Gasteiger partial charge in [0.1, 0.15) is 0 Å². The van der Waals surface area contributed by atoms with Crippen molar-refractivity contribution in [1.29, 1.82) is 0 Å². The molecule has 0 saturated carbocycles. The van der Waals surface area contributed by atoms with E-state index in [1.807, 2.05) is 21.1 Å². The van der Waals surface area contributed by atoms with E-state index in [4.69, 9.17) is 0 Å². The molecule has 0 saturated heterocycles. The molecule has 18 heavy (non-hydrogen) atoms. The van der Waals surface area contributed by atoms with Crippen LogP contribution < -0.4 is 17.0 Å². The third-order valence-electron chi connectivity index (χ3n) is 3.24. The maximum absolute atomic E-state index is 11.6. The van der Waals surface area contributed by atoms with Crippen molar-refractivity contribution in [3.63, 3.8) is 0 Å². The summed E-state index contributed by atoms with van der Waals surface area (Å²) in [5, 5.41) is 0. The summed E-state index contributed by atoms with van der Waals surface area (Å²) in [4.78, 5) is 11.6. The Hall–Kier alpha value is 0.110. The van der Waals surface area contributed by atoms with Crippen LogP contribution in [0.4, 0.5) is 0 Å². The van der Waals surface area contributed by atoms with E-state index in [9.17, 15) is 4.79 Å². The van der Waals surface area contributed by atoms with Gasteiger partial charge in [0.15, 0.2) is 0 Å². The Morgan fingerprint density at radius 1 is 0.778 bits per heavy atom. The number of unbranched alkanes of at least 4 members (excludes halogenated alkanes) is 8. The number of rotatable bonds is 10. The van der Waals surface area contributed by atoms with Crippen LogP contribution in [0.25, 0.3) is 0 Å². The Kier molecular flexibility index (Phi) is 13.8. The summed E-state index contributed by atoms with van der Waals surface area (Å²) < 4.78 is 0.469. The van der Waals surface area contributed by atoms with Gasteiger partial charge in [-0.15, -0.1) is 0 Å². The average Bonchev–Trinajstić information content (AvgIpc) is 2.25. The van der Waals surface area contributed by atoms with Crippen molar-refractivity contribution in [1.82, 2.24) is 0 Å². The molecule has 0 radical (unpaired) electrons. The standard InChI is InChI=1S/C15H32NO.BrH/c1-5-6-7-8-9-10-11-12-13-14-15(17)16(2,3)4;/h5-14H2,1-4H3;1H/q+1;/p-1. The lowest BCUT2D eigenvalue weighted by Crippen LogP contribution is -3.00. The van der Waals surface area contributed by atoms with Crippen LogP contribution in [0.15, 0.2) is 0 Å². The number of hydrogen-bond acceptors (Lipinski definition) is 1. The first-order chi connectivity index (χ1) is 7.98. The molecule has 0 unspecified atom stereocenters. The fourth-order valence-corrected chi connectivity index (χ4v) is 1.92. The maximum Gasteiger partial charge on any atom is 0.313 e. The number of carbonyl (C=O) groups excluding carboxylic acids is 1. The van der Waals surface area contributed by atoms with E-state index in [1.54, 1.807) is 0 Å². The molecule has 0 aromatic heterocycles. The quantitative estimate of drug-likeness (QED) is 0.435. The van der Waals surface area contributed by atoms with E-state index in [1.165, 1.54) is 51.4 Å². The van der Waals surface area contributed by atoms with Crippen LogP contribution >= 0.6 is 0 Å². The highest BCUT2D eigenvalue weighted by molar-refractivity contribution is 5.68. The van der Waals surface area contributed by atoms with Crippen molar-refractivity contribution >= 4 is 5.91 Å². The molecule has 0 aromatic rings. The van der Waals surface area contributed by atoms with Crippen LogP contribution in [0.5, 0.6) is 0 Å². The molecule has 0 bridgehead atoms. The van der Waals surface area contributed by atoms with Gasteiger partial charge in [-0.2, -0.15) is 0 Å². The second-order valence-electron chi connectivity index (χ2n) is 5.98. The van der Waals surface area contributed by atoms with Gasteiger partial charge < -0.3 is 17.0 Å². The van der Waals surface area contributed by atoms with Crippen molar-refractivity contribution in [3.05, 3.63) is 0 Å². The highest BCUT2D eigenvalue weighted by Gasteiger charge is 2.18. The molecule has 0 fully saturated rings. The van der Waals surface area contributed by atoms with E-state index in [2.05, 4.69) is 6.92 Å². The zero-order chi connectivity index (χ0) is 13.1. The minimum absolute atomic E-state index is 0. The highest BCUT2D eigenvalue weighted by atomic mass is 79.9. The number of quaternary nitrogens is 1. The third-order valence-corrected chi connectivity index (χ3v) is 3.24. The Morgan fingerprint density at radius 2 is 1.17 bits per heavy atom. The van der Waals surface area contributed by atoms with E-state index in [-0.39, 0.29) is 17.0 Å². The van der Waals surface area contributed by atoms with E-state index in [0.29, 0.717) is 10.4 Å². The number of hydrogen-bond donors (Lipinski definition) is 0. The van der Waals surface area contributed by atoms with Gasteiger partial charge in [-0.1, -0.05) is 58.3 Å². The molecule has 110 valence electrons. The molecule has 0 aliphatic rings. The van der Waals surface area contributed by atoms with E-state index >= 15 is 0 Å². The maximum atomic E-state index is 11.6. The summed E-state index contributed by atoms with van der Waals surface area (Å²) in [7, 11) is 5.86. The SMILES string of the molecule is CCCCCCCCCCCC(=O)[N+](C)(C)C.[Br-]. The predicted octanol–water partition coefficient (Wildman–Crippen LogP) is 1.14. The van der Waals surface area contributed by atoms with Crippen molar-refractivity contribution in [2.24, 2.45) is 0 Å². The van der Waals surface area contributed by atoms with Gasteiger partial charge in [0, 0.05) is 0 Å². The fraction of sp³-hybridized carbons (Fsp3) is 0.933. The Balaban J connectivity index is 0. The average molecular weight is 322 g/mol. The van der Waals surface area contributed by atoms with Gasteiger partial charge >= 0.3 is 5.91 Å². The molecule has 2 nitrogen and oxygen atoms in total. The van der Waals surface area contributed by atoms with Gasteiger partial charge in [-0.25, -0.2) is 4.79 Å². The van der Waals surface area contributed by atoms with E-state index in [0.717, 1.165) is 12.8 Å². The Bertz CT molecular complexity index is 199. The zero-order valence-electron chi connectivity index (χ0n) is 12.8. The van der Waals surface area contributed by atoms with Gasteiger partial charge in [0.25, 0.3) is 0 Å². The van der Waals surface area contributed by atoms with E-state index < -0.39 is 0 Å². The predicted molar refractivity (Wildman–Crippen MR) is 74.9 cm³/mol. The normalized spacial score (nSPS) is 11.1. The summed E-state index contributed by atoms with van der Waals surface area (Å²) in [6, 6.07) is 0. The van der Waals surface area contributed by atoms with Crippen LogP contribution in [-0.2, 0) is 4.79 Å². The second-order valence-corrected chi connectivity index (χ2v) is 5.98. The lowest BCUT2D eigenvalue weighted by atomic mass is 10.1. The molecule has 0 aliphatic heterocycles. The largest absolute Gasteiger partial charge is 1.00 e. The minimum atomic E-state index is 0. The number of nitrogens with zero attached hydrogens (tertiary/aromatic N) is 1. The minimum Gasteiger partial charge on any atom is -1.00 e. The number of carbonyl (C=O) groups is 1. The van der Waals surface area contributed by atoms with Gasteiger partial charge in [0.05, 0.1) is 27.6 Å². The highest BCUT2D eigenvalue weighted by Crippen LogP contribution is 2.11. The smallest absolute Gasteiger partial charge is 0.313 e.